The topological polar surface area (TPSA) is 74.2 Å². The molecule has 0 bridgehead atoms. The molecule has 24 heavy (non-hydrogen) atoms. The molecule has 0 fully saturated rings. The minimum absolute atomic E-state index is 0.280. The van der Waals surface area contributed by atoms with Crippen molar-refractivity contribution in [2.24, 2.45) is 4.99 Å². The molecular weight excluding hydrogens is 310 g/mol. The molecule has 6 nitrogen and oxygen atoms in total. The first-order chi connectivity index (χ1) is 11.6. The minimum atomic E-state index is -0.366. The molecule has 0 saturated carbocycles. The maximum atomic E-state index is 12.9. The van der Waals surface area contributed by atoms with Crippen molar-refractivity contribution in [2.75, 3.05) is 21.3 Å². The highest BCUT2D eigenvalue weighted by Gasteiger charge is 2.20. The van der Waals surface area contributed by atoms with Crippen molar-refractivity contribution in [1.82, 2.24) is 0 Å². The van der Waals surface area contributed by atoms with Gasteiger partial charge in [-0.25, -0.2) is 4.99 Å². The maximum absolute atomic E-state index is 12.9. The van der Waals surface area contributed by atoms with Gasteiger partial charge in [0.05, 0.1) is 26.7 Å². The normalized spacial score (nSPS) is 12.0. The summed E-state index contributed by atoms with van der Waals surface area (Å²) in [6.07, 6.45) is 1.40. The fourth-order valence-corrected chi connectivity index (χ4v) is 2.63. The molecule has 3 rings (SSSR count). The predicted molar refractivity (Wildman–Crippen MR) is 86.2 cm³/mol. The Bertz CT molecular complexity index is 937. The molecule has 1 heterocycles. The molecule has 0 N–H and O–H groups in total. The Kier molecular flexibility index (Phi) is 4.04. The van der Waals surface area contributed by atoms with Gasteiger partial charge in [-0.05, 0) is 18.2 Å². The monoisotopic (exact) mass is 325 g/mol. The molecule has 0 spiro atoms. The van der Waals surface area contributed by atoms with Crippen LogP contribution in [0.4, 0.5) is 0 Å². The second-order valence-corrected chi connectivity index (χ2v) is 5.08. The number of carbonyl (C=O) groups excluding carboxylic acids is 2. The predicted octanol–water partition coefficient (Wildman–Crippen LogP) is 0.884. The first-order valence-corrected chi connectivity index (χ1v) is 7.17. The van der Waals surface area contributed by atoms with Crippen LogP contribution < -0.4 is 24.8 Å². The van der Waals surface area contributed by atoms with Gasteiger partial charge in [-0.15, -0.1) is 0 Å². The number of ketones is 1. The molecule has 122 valence electrons. The summed E-state index contributed by atoms with van der Waals surface area (Å²) in [6.45, 7) is 0. The second kappa shape index (κ2) is 6.16. The third-order valence-corrected chi connectivity index (χ3v) is 3.74. The molecule has 2 aromatic carbocycles. The molecule has 2 aromatic rings. The highest BCUT2D eigenvalue weighted by molar-refractivity contribution is 6.11. The zero-order valence-corrected chi connectivity index (χ0v) is 13.5. The Hall–Kier alpha value is -3.15. The number of amides is 1. The van der Waals surface area contributed by atoms with Crippen LogP contribution in [0.25, 0.3) is 6.08 Å². The van der Waals surface area contributed by atoms with Crippen LogP contribution in [0.5, 0.6) is 17.2 Å². The average molecular weight is 325 g/mol. The minimum Gasteiger partial charge on any atom is -0.493 e. The number of benzene rings is 2. The van der Waals surface area contributed by atoms with Crippen molar-refractivity contribution in [3.63, 3.8) is 0 Å². The van der Waals surface area contributed by atoms with Crippen molar-refractivity contribution in [1.29, 1.82) is 0 Å². The number of nitrogens with zero attached hydrogens (tertiary/aromatic N) is 1. The molecule has 0 unspecified atom stereocenters. The molecule has 1 amide bonds. The van der Waals surface area contributed by atoms with Gasteiger partial charge in [-0.1, -0.05) is 12.1 Å². The second-order valence-electron chi connectivity index (χ2n) is 5.08. The SMILES string of the molecule is COc1cc(C(=O)c2cccc3c2=NC(=O)C=3)cc(OC)c1OC. The molecule has 0 aromatic heterocycles. The van der Waals surface area contributed by atoms with Crippen LogP contribution in [0.1, 0.15) is 15.9 Å². The van der Waals surface area contributed by atoms with Crippen molar-refractivity contribution >= 4 is 17.8 Å². The van der Waals surface area contributed by atoms with Gasteiger partial charge >= 0.3 is 0 Å². The third-order valence-electron chi connectivity index (χ3n) is 3.74. The Morgan fingerprint density at radius 2 is 1.67 bits per heavy atom. The molecular formula is C18H15NO5. The van der Waals surface area contributed by atoms with E-state index in [1.165, 1.54) is 27.4 Å². The fourth-order valence-electron chi connectivity index (χ4n) is 2.63. The highest BCUT2D eigenvalue weighted by Crippen LogP contribution is 2.38. The number of hydrogen-bond acceptors (Lipinski definition) is 5. The zero-order chi connectivity index (χ0) is 17.3. The first kappa shape index (κ1) is 15.7. The van der Waals surface area contributed by atoms with Gasteiger partial charge in [-0.3, -0.25) is 9.59 Å². The molecule has 0 aliphatic carbocycles. The van der Waals surface area contributed by atoms with Gasteiger partial charge in [0.15, 0.2) is 17.3 Å². The fraction of sp³-hybridized carbons (Fsp3) is 0.167. The quantitative estimate of drug-likeness (QED) is 0.763. The number of rotatable bonds is 5. The van der Waals surface area contributed by atoms with Crippen LogP contribution in [0, 0.1) is 0 Å². The van der Waals surface area contributed by atoms with Gasteiger partial charge in [-0.2, -0.15) is 0 Å². The molecule has 0 radical (unpaired) electrons. The molecule has 0 saturated heterocycles. The summed E-state index contributed by atoms with van der Waals surface area (Å²) in [7, 11) is 4.45. The van der Waals surface area contributed by atoms with Gasteiger partial charge in [0.25, 0.3) is 5.91 Å². The first-order valence-electron chi connectivity index (χ1n) is 7.17. The van der Waals surface area contributed by atoms with E-state index >= 15 is 0 Å². The maximum Gasteiger partial charge on any atom is 0.270 e. The van der Waals surface area contributed by atoms with Gasteiger partial charge < -0.3 is 14.2 Å². The summed E-state index contributed by atoms with van der Waals surface area (Å²) in [6, 6.07) is 8.25. The van der Waals surface area contributed by atoms with Crippen molar-refractivity contribution in [2.45, 2.75) is 0 Å². The molecule has 1 aliphatic heterocycles. The van der Waals surface area contributed by atoms with Crippen molar-refractivity contribution in [3.8, 4) is 17.2 Å². The highest BCUT2D eigenvalue weighted by atomic mass is 16.5. The van der Waals surface area contributed by atoms with E-state index in [9.17, 15) is 9.59 Å². The van der Waals surface area contributed by atoms with Crippen LogP contribution in [0.15, 0.2) is 35.3 Å². The number of carbonyl (C=O) groups is 2. The number of fused-ring (bicyclic) bond motifs is 1. The number of methoxy groups -OCH3 is 3. The van der Waals surface area contributed by atoms with E-state index in [1.807, 2.05) is 0 Å². The lowest BCUT2D eigenvalue weighted by atomic mass is 10.0. The van der Waals surface area contributed by atoms with E-state index in [2.05, 4.69) is 4.99 Å². The van der Waals surface area contributed by atoms with Gasteiger partial charge in [0.2, 0.25) is 5.75 Å². The van der Waals surface area contributed by atoms with E-state index < -0.39 is 0 Å². The van der Waals surface area contributed by atoms with Crippen LogP contribution in [0.3, 0.4) is 0 Å². The largest absolute Gasteiger partial charge is 0.493 e. The Balaban J connectivity index is 2.17. The Labute approximate surface area is 138 Å². The Morgan fingerprint density at radius 1 is 1.00 bits per heavy atom. The molecule has 0 atom stereocenters. The van der Waals surface area contributed by atoms with Gasteiger partial charge in [0, 0.05) is 22.4 Å². The number of ether oxygens (including phenoxy) is 3. The summed E-state index contributed by atoms with van der Waals surface area (Å²) in [4.78, 5) is 28.3. The van der Waals surface area contributed by atoms with Crippen LogP contribution in [-0.4, -0.2) is 33.0 Å². The Morgan fingerprint density at radius 3 is 2.25 bits per heavy atom. The lowest BCUT2D eigenvalue weighted by molar-refractivity contribution is -0.112. The average Bonchev–Trinajstić information content (AvgIpc) is 2.99. The lowest BCUT2D eigenvalue weighted by Gasteiger charge is -2.13. The van der Waals surface area contributed by atoms with E-state index in [1.54, 1.807) is 30.3 Å². The van der Waals surface area contributed by atoms with Gasteiger partial charge in [0.1, 0.15) is 0 Å². The summed E-state index contributed by atoms with van der Waals surface area (Å²) in [5, 5.41) is 1.03. The summed E-state index contributed by atoms with van der Waals surface area (Å²) in [5.74, 6) is 0.524. The summed E-state index contributed by atoms with van der Waals surface area (Å²) < 4.78 is 15.8. The molecule has 1 aliphatic rings. The molecule has 6 heteroatoms. The van der Waals surface area contributed by atoms with E-state index in [0.29, 0.717) is 39.0 Å². The standard InChI is InChI=1S/C18H15NO5/c1-22-13-7-11(8-14(23-2)18(13)24-3)17(21)12-6-4-5-10-9-15(20)19-16(10)12/h4-9H,1-3H3. The lowest BCUT2D eigenvalue weighted by Crippen LogP contribution is -2.28. The summed E-state index contributed by atoms with van der Waals surface area (Å²) in [5.41, 5.74) is 0.705. The third kappa shape index (κ3) is 2.52. The smallest absolute Gasteiger partial charge is 0.270 e. The van der Waals surface area contributed by atoms with Crippen molar-refractivity contribution < 1.29 is 23.8 Å². The van der Waals surface area contributed by atoms with E-state index in [4.69, 9.17) is 14.2 Å². The van der Waals surface area contributed by atoms with Crippen molar-refractivity contribution in [3.05, 3.63) is 52.0 Å². The summed E-state index contributed by atoms with van der Waals surface area (Å²) >= 11 is 0. The zero-order valence-electron chi connectivity index (χ0n) is 13.5. The van der Waals surface area contributed by atoms with Crippen LogP contribution >= 0.6 is 0 Å². The van der Waals surface area contributed by atoms with Crippen LogP contribution in [-0.2, 0) is 4.79 Å². The van der Waals surface area contributed by atoms with E-state index in [-0.39, 0.29) is 11.7 Å². The van der Waals surface area contributed by atoms with Crippen LogP contribution in [0.2, 0.25) is 0 Å². The number of hydrogen-bond donors (Lipinski definition) is 0. The number of para-hydroxylation sites is 1. The van der Waals surface area contributed by atoms with E-state index in [0.717, 1.165) is 0 Å².